The minimum Gasteiger partial charge on any atom is -0.544 e. The summed E-state index contributed by atoms with van der Waals surface area (Å²) >= 11 is 0. The van der Waals surface area contributed by atoms with Crippen LogP contribution < -0.4 is 14.7 Å². The molecular weight excluding hydrogens is 256 g/mol. The van der Waals surface area contributed by atoms with Crippen LogP contribution in [0.3, 0.4) is 0 Å². The Morgan fingerprint density at radius 1 is 1.40 bits per heavy atom. The Kier molecular flexibility index (Phi) is 6.27. The molecule has 0 spiro atoms. The van der Waals surface area contributed by atoms with Gasteiger partial charge in [0, 0.05) is 6.42 Å². The highest BCUT2D eigenvalue weighted by molar-refractivity contribution is 5.95. The van der Waals surface area contributed by atoms with E-state index in [1.165, 1.54) is 11.0 Å². The van der Waals surface area contributed by atoms with Crippen molar-refractivity contribution in [1.29, 1.82) is 5.26 Å². The van der Waals surface area contributed by atoms with Gasteiger partial charge in [-0.05, 0) is 23.8 Å². The molecule has 1 N–H and O–H groups in total. The van der Waals surface area contributed by atoms with Crippen molar-refractivity contribution in [2.45, 2.75) is 6.42 Å². The zero-order valence-corrected chi connectivity index (χ0v) is 11.7. The number of hydrogen-bond acceptors (Lipinski definition) is 4. The van der Waals surface area contributed by atoms with Crippen LogP contribution in [0.1, 0.15) is 12.0 Å². The average Bonchev–Trinajstić information content (AvgIpc) is 2.41. The zero-order valence-electron chi connectivity index (χ0n) is 11.7. The van der Waals surface area contributed by atoms with Gasteiger partial charge < -0.3 is 19.5 Å². The van der Waals surface area contributed by atoms with Gasteiger partial charge in [-0.3, -0.25) is 0 Å². The number of ether oxygens (including phenoxy) is 1. The van der Waals surface area contributed by atoms with Crippen molar-refractivity contribution < 1.29 is 19.5 Å². The predicted octanol–water partition coefficient (Wildman–Crippen LogP) is -0.743. The van der Waals surface area contributed by atoms with Crippen LogP contribution in [0.5, 0.6) is 5.75 Å². The van der Waals surface area contributed by atoms with Crippen LogP contribution in [0.15, 0.2) is 29.8 Å². The molecule has 0 aliphatic heterocycles. The molecule has 1 aromatic rings. The normalized spacial score (nSPS) is 11.2. The third-order valence-corrected chi connectivity index (χ3v) is 2.62. The summed E-state index contributed by atoms with van der Waals surface area (Å²) in [5.41, 5.74) is 0.225. The molecule has 106 valence electrons. The standard InChI is InChI=1S/C15H18N2O3/c1-17(2)8-3-9-20-14-6-4-12(5-7-14)10-13(11-16)15(18)19/h4-7,10H,3,8-9H2,1-2H3,(H,18,19)/b13-10+. The lowest BCUT2D eigenvalue weighted by Crippen LogP contribution is -3.05. The molecule has 0 fully saturated rings. The van der Waals surface area contributed by atoms with Crippen LogP contribution >= 0.6 is 0 Å². The van der Waals surface area contributed by atoms with Crippen molar-refractivity contribution in [2.24, 2.45) is 0 Å². The van der Waals surface area contributed by atoms with E-state index in [0.29, 0.717) is 12.2 Å². The van der Waals surface area contributed by atoms with Crippen molar-refractivity contribution >= 4 is 12.0 Å². The number of nitrogens with zero attached hydrogens (tertiary/aromatic N) is 1. The van der Waals surface area contributed by atoms with Crippen LogP contribution in [0, 0.1) is 11.3 Å². The van der Waals surface area contributed by atoms with E-state index in [1.807, 2.05) is 0 Å². The van der Waals surface area contributed by atoms with Crippen LogP contribution in [-0.4, -0.2) is 33.2 Å². The number of carboxylic acids is 1. The highest BCUT2D eigenvalue weighted by Crippen LogP contribution is 2.14. The Bertz CT molecular complexity index is 513. The highest BCUT2D eigenvalue weighted by Gasteiger charge is 1.99. The van der Waals surface area contributed by atoms with Gasteiger partial charge in [0.15, 0.2) is 0 Å². The Morgan fingerprint density at radius 2 is 2.05 bits per heavy atom. The van der Waals surface area contributed by atoms with E-state index in [0.717, 1.165) is 18.7 Å². The van der Waals surface area contributed by atoms with Gasteiger partial charge in [-0.15, -0.1) is 0 Å². The van der Waals surface area contributed by atoms with E-state index in [4.69, 9.17) is 10.00 Å². The number of quaternary nitrogens is 1. The van der Waals surface area contributed by atoms with Gasteiger partial charge in [0.05, 0.1) is 38.8 Å². The van der Waals surface area contributed by atoms with E-state index in [2.05, 4.69) is 14.1 Å². The minimum atomic E-state index is -1.47. The first-order chi connectivity index (χ1) is 9.52. The molecule has 0 atom stereocenters. The maximum Gasteiger partial charge on any atom is 0.119 e. The van der Waals surface area contributed by atoms with Gasteiger partial charge >= 0.3 is 0 Å². The number of nitriles is 1. The van der Waals surface area contributed by atoms with Gasteiger partial charge in [0.25, 0.3) is 0 Å². The molecule has 0 bridgehead atoms. The number of aliphatic carboxylic acids is 1. The van der Waals surface area contributed by atoms with Gasteiger partial charge in [-0.25, -0.2) is 0 Å². The van der Waals surface area contributed by atoms with E-state index < -0.39 is 11.5 Å². The van der Waals surface area contributed by atoms with E-state index in [-0.39, 0.29) is 0 Å². The fraction of sp³-hybridized carbons (Fsp3) is 0.333. The monoisotopic (exact) mass is 274 g/mol. The van der Waals surface area contributed by atoms with E-state index in [1.54, 1.807) is 30.3 Å². The summed E-state index contributed by atoms with van der Waals surface area (Å²) in [5.74, 6) is -0.748. The first kappa shape index (κ1) is 15.7. The van der Waals surface area contributed by atoms with E-state index in [9.17, 15) is 9.90 Å². The Morgan fingerprint density at radius 3 is 2.55 bits per heavy atom. The molecule has 0 amide bonds. The first-order valence-corrected chi connectivity index (χ1v) is 6.38. The molecule has 5 nitrogen and oxygen atoms in total. The second kappa shape index (κ2) is 7.97. The molecule has 1 aromatic carbocycles. The Hall–Kier alpha value is -2.32. The van der Waals surface area contributed by atoms with E-state index >= 15 is 0 Å². The quantitative estimate of drug-likeness (QED) is 0.403. The largest absolute Gasteiger partial charge is 0.544 e. The molecule has 5 heteroatoms. The molecule has 0 unspecified atom stereocenters. The maximum atomic E-state index is 10.6. The van der Waals surface area contributed by atoms with Crippen molar-refractivity contribution in [3.63, 3.8) is 0 Å². The highest BCUT2D eigenvalue weighted by atomic mass is 16.5. The second-order valence-electron chi connectivity index (χ2n) is 4.69. The summed E-state index contributed by atoms with van der Waals surface area (Å²) in [6.45, 7) is 1.68. The van der Waals surface area contributed by atoms with Crippen LogP contribution in [0.25, 0.3) is 6.08 Å². The Balaban J connectivity index is 2.57. The molecule has 0 heterocycles. The molecule has 0 aliphatic rings. The number of carbonyl (C=O) groups excluding carboxylic acids is 1. The number of nitrogens with one attached hydrogen (secondary N) is 1. The third-order valence-electron chi connectivity index (χ3n) is 2.62. The maximum absolute atomic E-state index is 10.6. The lowest BCUT2D eigenvalue weighted by Gasteiger charge is -2.09. The smallest absolute Gasteiger partial charge is 0.119 e. The van der Waals surface area contributed by atoms with Crippen molar-refractivity contribution in [1.82, 2.24) is 0 Å². The minimum absolute atomic E-state index is 0.396. The summed E-state index contributed by atoms with van der Waals surface area (Å²) in [7, 11) is 4.18. The molecule has 0 saturated carbocycles. The van der Waals surface area contributed by atoms with Crippen LogP contribution in [0.2, 0.25) is 0 Å². The molecular formula is C15H18N2O3. The van der Waals surface area contributed by atoms with Crippen LogP contribution in [-0.2, 0) is 4.79 Å². The summed E-state index contributed by atoms with van der Waals surface area (Å²) in [4.78, 5) is 12.0. The van der Waals surface area contributed by atoms with Crippen molar-refractivity contribution in [3.8, 4) is 11.8 Å². The molecule has 1 rings (SSSR count). The number of hydrogen-bond donors (Lipinski definition) is 1. The fourth-order valence-electron chi connectivity index (χ4n) is 1.58. The number of benzene rings is 1. The van der Waals surface area contributed by atoms with Gasteiger partial charge in [0.1, 0.15) is 11.8 Å². The molecule has 0 radical (unpaired) electrons. The predicted molar refractivity (Wildman–Crippen MR) is 72.8 cm³/mol. The zero-order chi connectivity index (χ0) is 15.0. The number of rotatable bonds is 7. The Labute approximate surface area is 118 Å². The van der Waals surface area contributed by atoms with Gasteiger partial charge in [-0.1, -0.05) is 12.1 Å². The van der Waals surface area contributed by atoms with Crippen molar-refractivity contribution in [2.75, 3.05) is 27.2 Å². The summed E-state index contributed by atoms with van der Waals surface area (Å²) < 4.78 is 5.56. The molecule has 0 aliphatic carbocycles. The molecule has 20 heavy (non-hydrogen) atoms. The lowest BCUT2D eigenvalue weighted by atomic mass is 10.1. The van der Waals surface area contributed by atoms with Gasteiger partial charge in [0.2, 0.25) is 0 Å². The number of carbonyl (C=O) groups is 1. The molecule has 0 aromatic heterocycles. The topological polar surface area (TPSA) is 77.6 Å². The average molecular weight is 274 g/mol. The number of carboxylic acid groups (broad SMARTS) is 1. The van der Waals surface area contributed by atoms with Crippen LogP contribution in [0.4, 0.5) is 0 Å². The summed E-state index contributed by atoms with van der Waals surface area (Å²) in [6.07, 6.45) is 2.24. The third kappa shape index (κ3) is 5.55. The lowest BCUT2D eigenvalue weighted by molar-refractivity contribution is -0.858. The fourth-order valence-corrected chi connectivity index (χ4v) is 1.58. The van der Waals surface area contributed by atoms with Gasteiger partial charge in [-0.2, -0.15) is 5.26 Å². The first-order valence-electron chi connectivity index (χ1n) is 6.38. The second-order valence-corrected chi connectivity index (χ2v) is 4.69. The summed E-state index contributed by atoms with van der Waals surface area (Å²) in [6, 6.07) is 8.48. The molecule has 0 saturated heterocycles. The summed E-state index contributed by atoms with van der Waals surface area (Å²) in [5, 5.41) is 19.2. The van der Waals surface area contributed by atoms with Crippen molar-refractivity contribution in [3.05, 3.63) is 35.4 Å². The SMILES string of the molecule is C[NH+](C)CCCOc1ccc(/C=C(\C#N)C(=O)[O-])cc1.